The quantitative estimate of drug-likeness (QED) is 0.426. The Hall–Kier alpha value is -4.60. The van der Waals surface area contributed by atoms with E-state index < -0.39 is 24.0 Å². The molecule has 10 nitrogen and oxygen atoms in total. The van der Waals surface area contributed by atoms with E-state index >= 15 is 0 Å². The van der Waals surface area contributed by atoms with E-state index in [1.165, 1.54) is 6.20 Å². The molecule has 1 aliphatic rings. The van der Waals surface area contributed by atoms with Crippen LogP contribution in [0.2, 0.25) is 0 Å². The third-order valence-corrected chi connectivity index (χ3v) is 5.37. The standard InChI is InChI=1S/C25H24N4O6/c1-3-34-24(31)20-19(27-25(32)28-22(20)16-9-11-17(33-2)12-10-16)14-35-23(30)18-13-26-29-21(18)15-7-5-4-6-8-15/h4-13,22H,3,14H2,1-2H3,(H,26,29)(H2,27,28,32)/t22-/m0/s1. The lowest BCUT2D eigenvalue weighted by atomic mass is 9.95. The Labute approximate surface area is 201 Å². The first-order valence-corrected chi connectivity index (χ1v) is 10.9. The van der Waals surface area contributed by atoms with E-state index in [1.54, 1.807) is 38.3 Å². The molecule has 0 spiro atoms. The fourth-order valence-electron chi connectivity index (χ4n) is 3.71. The van der Waals surface area contributed by atoms with Crippen LogP contribution in [-0.2, 0) is 14.3 Å². The van der Waals surface area contributed by atoms with Gasteiger partial charge in [-0.05, 0) is 24.6 Å². The first-order chi connectivity index (χ1) is 17.0. The molecule has 0 aliphatic carbocycles. The number of carbonyl (C=O) groups excluding carboxylic acids is 3. The number of ether oxygens (including phenoxy) is 3. The van der Waals surface area contributed by atoms with Crippen molar-refractivity contribution in [2.24, 2.45) is 0 Å². The van der Waals surface area contributed by atoms with Crippen LogP contribution in [-0.4, -0.2) is 48.5 Å². The van der Waals surface area contributed by atoms with E-state index in [0.29, 0.717) is 17.0 Å². The second kappa shape index (κ2) is 10.6. The molecule has 0 unspecified atom stereocenters. The molecule has 0 radical (unpaired) electrons. The average Bonchev–Trinajstić information content (AvgIpc) is 3.38. The molecule has 3 N–H and O–H groups in total. The molecule has 4 rings (SSSR count). The summed E-state index contributed by atoms with van der Waals surface area (Å²) in [5.74, 6) is -0.679. The number of benzene rings is 2. The van der Waals surface area contributed by atoms with Gasteiger partial charge >= 0.3 is 18.0 Å². The van der Waals surface area contributed by atoms with Gasteiger partial charge in [-0.15, -0.1) is 0 Å². The third-order valence-electron chi connectivity index (χ3n) is 5.37. The van der Waals surface area contributed by atoms with Gasteiger partial charge in [0.1, 0.15) is 17.9 Å². The van der Waals surface area contributed by atoms with Crippen molar-refractivity contribution in [3.05, 3.63) is 83.2 Å². The minimum absolute atomic E-state index is 0.131. The van der Waals surface area contributed by atoms with Crippen LogP contribution in [0.5, 0.6) is 5.75 Å². The largest absolute Gasteiger partial charge is 0.497 e. The Morgan fingerprint density at radius 1 is 1.00 bits per heavy atom. The van der Waals surface area contributed by atoms with Gasteiger partial charge in [0.15, 0.2) is 0 Å². The molecule has 2 amide bonds. The number of esters is 2. The summed E-state index contributed by atoms with van der Waals surface area (Å²) in [6.45, 7) is 1.46. The SMILES string of the molecule is CCOC(=O)C1=C(COC(=O)c2cn[nH]c2-c2ccccc2)NC(=O)N[C@H]1c1ccc(OC)cc1. The molecule has 180 valence electrons. The molecule has 1 aliphatic heterocycles. The third kappa shape index (κ3) is 5.16. The predicted molar refractivity (Wildman–Crippen MR) is 125 cm³/mol. The van der Waals surface area contributed by atoms with Crippen LogP contribution in [0.1, 0.15) is 28.9 Å². The van der Waals surface area contributed by atoms with Crippen molar-refractivity contribution >= 4 is 18.0 Å². The van der Waals surface area contributed by atoms with Gasteiger partial charge in [-0.1, -0.05) is 42.5 Å². The fourth-order valence-corrected chi connectivity index (χ4v) is 3.71. The van der Waals surface area contributed by atoms with Crippen LogP contribution in [0, 0.1) is 0 Å². The van der Waals surface area contributed by atoms with Gasteiger partial charge < -0.3 is 24.8 Å². The molecule has 35 heavy (non-hydrogen) atoms. The summed E-state index contributed by atoms with van der Waals surface area (Å²) in [6.07, 6.45) is 1.37. The van der Waals surface area contributed by atoms with Gasteiger partial charge in [0, 0.05) is 5.56 Å². The Kier molecular flexibility index (Phi) is 7.10. The van der Waals surface area contributed by atoms with E-state index in [1.807, 2.05) is 30.3 Å². The molecule has 0 fully saturated rings. The molecule has 2 heterocycles. The van der Waals surface area contributed by atoms with Crippen LogP contribution in [0.4, 0.5) is 4.79 Å². The van der Waals surface area contributed by atoms with Gasteiger partial charge in [-0.25, -0.2) is 14.4 Å². The summed E-state index contributed by atoms with van der Waals surface area (Å²) < 4.78 is 15.9. The molecular weight excluding hydrogens is 452 g/mol. The van der Waals surface area contributed by atoms with Crippen molar-refractivity contribution in [2.45, 2.75) is 13.0 Å². The highest BCUT2D eigenvalue weighted by Crippen LogP contribution is 2.29. The van der Waals surface area contributed by atoms with Gasteiger partial charge in [0.2, 0.25) is 0 Å². The maximum absolute atomic E-state index is 12.9. The van der Waals surface area contributed by atoms with E-state index in [0.717, 1.165) is 5.56 Å². The van der Waals surface area contributed by atoms with Gasteiger partial charge in [-0.2, -0.15) is 5.10 Å². The number of H-pyrrole nitrogens is 1. The molecule has 3 aromatic rings. The van der Waals surface area contributed by atoms with Crippen LogP contribution in [0.25, 0.3) is 11.3 Å². The first kappa shape index (κ1) is 23.6. The van der Waals surface area contributed by atoms with Crippen molar-refractivity contribution < 1.29 is 28.6 Å². The molecule has 0 saturated carbocycles. The molecule has 0 bridgehead atoms. The second-order valence-corrected chi connectivity index (χ2v) is 7.52. The Balaban J connectivity index is 1.62. The summed E-state index contributed by atoms with van der Waals surface area (Å²) in [7, 11) is 1.54. The highest BCUT2D eigenvalue weighted by molar-refractivity contribution is 5.97. The maximum atomic E-state index is 12.9. The van der Waals surface area contributed by atoms with Gasteiger partial charge in [-0.3, -0.25) is 5.10 Å². The van der Waals surface area contributed by atoms with Crippen molar-refractivity contribution in [1.82, 2.24) is 20.8 Å². The highest BCUT2D eigenvalue weighted by atomic mass is 16.5. The van der Waals surface area contributed by atoms with Crippen LogP contribution in [0.15, 0.2) is 72.1 Å². The number of hydrogen-bond donors (Lipinski definition) is 3. The lowest BCUT2D eigenvalue weighted by molar-refractivity contribution is -0.139. The van der Waals surface area contributed by atoms with E-state index in [-0.39, 0.29) is 30.0 Å². The van der Waals surface area contributed by atoms with Crippen LogP contribution in [0.3, 0.4) is 0 Å². The first-order valence-electron chi connectivity index (χ1n) is 10.9. The molecule has 2 aromatic carbocycles. The molecule has 1 aromatic heterocycles. The molecule has 0 saturated heterocycles. The number of methoxy groups -OCH3 is 1. The smallest absolute Gasteiger partial charge is 0.342 e. The number of aromatic nitrogens is 2. The van der Waals surface area contributed by atoms with Crippen molar-refractivity contribution in [3.63, 3.8) is 0 Å². The number of nitrogens with one attached hydrogen (secondary N) is 3. The Morgan fingerprint density at radius 2 is 1.74 bits per heavy atom. The number of rotatable bonds is 8. The van der Waals surface area contributed by atoms with Gasteiger partial charge in [0.05, 0.1) is 42.9 Å². The summed E-state index contributed by atoms with van der Waals surface area (Å²) in [6, 6.07) is 14.7. The van der Waals surface area contributed by atoms with Crippen LogP contribution >= 0.6 is 0 Å². The van der Waals surface area contributed by atoms with Crippen molar-refractivity contribution in [1.29, 1.82) is 0 Å². The van der Waals surface area contributed by atoms with Crippen LogP contribution < -0.4 is 15.4 Å². The lowest BCUT2D eigenvalue weighted by Crippen LogP contribution is -2.47. The number of nitrogens with zero attached hydrogens (tertiary/aromatic N) is 1. The normalized spacial score (nSPS) is 15.1. The van der Waals surface area contributed by atoms with Crippen molar-refractivity contribution in [3.8, 4) is 17.0 Å². The monoisotopic (exact) mass is 476 g/mol. The minimum Gasteiger partial charge on any atom is -0.497 e. The molecular formula is C25H24N4O6. The molecule has 1 atom stereocenters. The fraction of sp³-hybridized carbons (Fsp3) is 0.200. The van der Waals surface area contributed by atoms with E-state index in [9.17, 15) is 14.4 Å². The Bertz CT molecular complexity index is 1250. The zero-order valence-electron chi connectivity index (χ0n) is 19.2. The van der Waals surface area contributed by atoms with Gasteiger partial charge in [0.25, 0.3) is 0 Å². The summed E-state index contributed by atoms with van der Waals surface area (Å²) >= 11 is 0. The number of aromatic amines is 1. The highest BCUT2D eigenvalue weighted by Gasteiger charge is 2.34. The summed E-state index contributed by atoms with van der Waals surface area (Å²) in [4.78, 5) is 38.2. The maximum Gasteiger partial charge on any atom is 0.342 e. The number of urea groups is 1. The van der Waals surface area contributed by atoms with Crippen molar-refractivity contribution in [2.75, 3.05) is 20.3 Å². The lowest BCUT2D eigenvalue weighted by Gasteiger charge is -2.29. The zero-order valence-corrected chi connectivity index (χ0v) is 19.2. The average molecular weight is 476 g/mol. The van der Waals surface area contributed by atoms with E-state index in [2.05, 4.69) is 20.8 Å². The minimum atomic E-state index is -0.809. The Morgan fingerprint density at radius 3 is 2.43 bits per heavy atom. The summed E-state index contributed by atoms with van der Waals surface area (Å²) in [5.41, 5.74) is 2.39. The van der Waals surface area contributed by atoms with E-state index in [4.69, 9.17) is 14.2 Å². The number of carbonyl (C=O) groups is 3. The molecule has 10 heteroatoms. The topological polar surface area (TPSA) is 132 Å². The second-order valence-electron chi connectivity index (χ2n) is 7.52. The number of amides is 2. The predicted octanol–water partition coefficient (Wildman–Crippen LogP) is 3.11. The zero-order chi connectivity index (χ0) is 24.8. The summed E-state index contributed by atoms with van der Waals surface area (Å²) in [5, 5.41) is 12.1. The number of hydrogen-bond acceptors (Lipinski definition) is 7.